The third-order valence-electron chi connectivity index (χ3n) is 3.25. The molecule has 0 unspecified atom stereocenters. The minimum atomic E-state index is -4.48. The second kappa shape index (κ2) is 9.27. The first-order valence-corrected chi connectivity index (χ1v) is 9.15. The molecule has 2 heterocycles. The number of nitrogens with zero attached hydrogens (tertiary/aromatic N) is 4. The minimum absolute atomic E-state index is 0.00523. The zero-order valence-corrected chi connectivity index (χ0v) is 14.9. The third-order valence-corrected chi connectivity index (χ3v) is 4.44. The van der Waals surface area contributed by atoms with Crippen LogP contribution in [0.1, 0.15) is 24.8 Å². The Morgan fingerprint density at radius 1 is 1.21 bits per heavy atom. The van der Waals surface area contributed by atoms with Crippen molar-refractivity contribution in [3.05, 3.63) is 24.5 Å². The van der Waals surface area contributed by atoms with Crippen LogP contribution >= 0.6 is 0 Å². The van der Waals surface area contributed by atoms with Gasteiger partial charge in [0.15, 0.2) is 0 Å². The van der Waals surface area contributed by atoms with Crippen LogP contribution in [-0.2, 0) is 19.8 Å². The molecule has 5 N–H and O–H groups in total. The Kier molecular flexibility index (Phi) is 7.05. The number of carboxylic acids is 2. The first-order chi connectivity index (χ1) is 13.2. The average Bonchev–Trinajstić information content (AvgIpc) is 3.13. The molecule has 0 aliphatic carbocycles. The van der Waals surface area contributed by atoms with E-state index in [0.29, 0.717) is 0 Å². The maximum Gasteiger partial charge on any atom is 0.324 e. The quantitative estimate of drug-likeness (QED) is 0.277. The van der Waals surface area contributed by atoms with E-state index in [-0.39, 0.29) is 23.8 Å². The molecule has 28 heavy (non-hydrogen) atoms. The zero-order valence-electron chi connectivity index (χ0n) is 14.1. The van der Waals surface area contributed by atoms with Gasteiger partial charge in [0.1, 0.15) is 17.8 Å². The lowest BCUT2D eigenvalue weighted by atomic mass is 10.2. The first kappa shape index (κ1) is 21.3. The number of carboxylic acid groups (broad SMARTS) is 2. The van der Waals surface area contributed by atoms with Crippen molar-refractivity contribution in [1.82, 2.24) is 29.6 Å². The third kappa shape index (κ3) is 6.02. The van der Waals surface area contributed by atoms with Crippen LogP contribution in [0, 0.1) is 0 Å². The number of rotatable bonds is 11. The van der Waals surface area contributed by atoms with Crippen LogP contribution in [0.15, 0.2) is 23.1 Å². The summed E-state index contributed by atoms with van der Waals surface area (Å²) in [4.78, 5) is 33.5. The molecule has 0 radical (unpaired) electrons. The summed E-state index contributed by atoms with van der Waals surface area (Å²) in [7, 11) is -4.48. The summed E-state index contributed by atoms with van der Waals surface area (Å²) in [6.45, 7) is -0.993. The Bertz CT molecular complexity index is 918. The fourth-order valence-electron chi connectivity index (χ4n) is 1.97. The highest BCUT2D eigenvalue weighted by molar-refractivity contribution is 7.87. The Hall–Kier alpha value is -3.01. The van der Waals surface area contributed by atoms with Gasteiger partial charge in [0.25, 0.3) is 10.2 Å². The SMILES string of the molecule is O=C(O)CC[C@H](NS(=O)(=O)N[C@@H](CO)C(=O)O)c1nc(-c2cnccn2)no1. The van der Waals surface area contributed by atoms with E-state index < -0.39 is 47.3 Å². The standard InChI is InChI=1S/C13H16N6O8S/c20-6-9(13(23)24)19-28(25,26)18-7(1-2-10(21)22)12-16-11(17-27-12)8-5-14-3-4-15-8/h3-5,7,9,18-20H,1-2,6H2,(H,21,22)(H,23,24)/t7-,9-/m0/s1. The second-order valence-corrected chi connectivity index (χ2v) is 6.82. The van der Waals surface area contributed by atoms with Crippen LogP contribution in [0.25, 0.3) is 11.5 Å². The van der Waals surface area contributed by atoms with Crippen molar-refractivity contribution < 1.29 is 37.8 Å². The molecule has 0 fully saturated rings. The smallest absolute Gasteiger partial charge is 0.324 e. The molecular weight excluding hydrogens is 400 g/mol. The lowest BCUT2D eigenvalue weighted by Crippen LogP contribution is -2.49. The van der Waals surface area contributed by atoms with E-state index in [9.17, 15) is 18.0 Å². The van der Waals surface area contributed by atoms with Crippen molar-refractivity contribution in [1.29, 1.82) is 0 Å². The van der Waals surface area contributed by atoms with Gasteiger partial charge in [-0.25, -0.2) is 4.98 Å². The molecular formula is C13H16N6O8S. The summed E-state index contributed by atoms with van der Waals surface area (Å²) >= 11 is 0. The van der Waals surface area contributed by atoms with E-state index in [1.54, 1.807) is 4.72 Å². The van der Waals surface area contributed by atoms with Crippen molar-refractivity contribution in [3.63, 3.8) is 0 Å². The van der Waals surface area contributed by atoms with Gasteiger partial charge in [-0.3, -0.25) is 14.6 Å². The van der Waals surface area contributed by atoms with E-state index in [1.807, 2.05) is 4.72 Å². The van der Waals surface area contributed by atoms with E-state index in [4.69, 9.17) is 19.8 Å². The number of aliphatic carboxylic acids is 2. The van der Waals surface area contributed by atoms with Crippen molar-refractivity contribution in [3.8, 4) is 11.5 Å². The normalized spacial score (nSPS) is 13.8. The summed E-state index contributed by atoms with van der Waals surface area (Å²) in [6, 6.07) is -3.07. The van der Waals surface area contributed by atoms with Gasteiger partial charge >= 0.3 is 11.9 Å². The molecule has 152 valence electrons. The number of carbonyl (C=O) groups is 2. The average molecular weight is 416 g/mol. The molecule has 0 saturated heterocycles. The molecule has 2 aromatic rings. The number of hydrogen-bond donors (Lipinski definition) is 5. The van der Waals surface area contributed by atoms with Crippen LogP contribution in [0.4, 0.5) is 0 Å². The Labute approximate surface area is 157 Å². The van der Waals surface area contributed by atoms with Crippen LogP contribution in [0.2, 0.25) is 0 Å². The highest BCUT2D eigenvalue weighted by Crippen LogP contribution is 2.21. The summed E-state index contributed by atoms with van der Waals surface area (Å²) in [5.74, 6) is -3.07. The Balaban J connectivity index is 2.23. The fraction of sp³-hybridized carbons (Fsp3) is 0.385. The van der Waals surface area contributed by atoms with E-state index in [2.05, 4.69) is 20.1 Å². The van der Waals surface area contributed by atoms with Crippen molar-refractivity contribution in [2.75, 3.05) is 6.61 Å². The summed E-state index contributed by atoms with van der Waals surface area (Å²) in [5.41, 5.74) is 0.238. The molecule has 0 aliphatic heterocycles. The largest absolute Gasteiger partial charge is 0.481 e. The lowest BCUT2D eigenvalue weighted by molar-refractivity contribution is -0.140. The van der Waals surface area contributed by atoms with Crippen LogP contribution < -0.4 is 9.44 Å². The molecule has 2 atom stereocenters. The number of hydrogen-bond acceptors (Lipinski definition) is 10. The topological polar surface area (TPSA) is 218 Å². The van der Waals surface area contributed by atoms with Gasteiger partial charge in [0.05, 0.1) is 12.8 Å². The molecule has 2 aromatic heterocycles. The molecule has 0 aromatic carbocycles. The number of aromatic nitrogens is 4. The lowest BCUT2D eigenvalue weighted by Gasteiger charge is -2.17. The maximum atomic E-state index is 12.2. The van der Waals surface area contributed by atoms with Gasteiger partial charge in [-0.15, -0.1) is 0 Å². The molecule has 0 bridgehead atoms. The van der Waals surface area contributed by atoms with Gasteiger partial charge in [0, 0.05) is 18.8 Å². The molecule has 0 amide bonds. The molecule has 0 spiro atoms. The molecule has 15 heteroatoms. The summed E-state index contributed by atoms with van der Waals surface area (Å²) in [6.07, 6.45) is 3.42. The highest BCUT2D eigenvalue weighted by Gasteiger charge is 2.29. The monoisotopic (exact) mass is 416 g/mol. The molecule has 14 nitrogen and oxygen atoms in total. The van der Waals surface area contributed by atoms with Gasteiger partial charge in [0.2, 0.25) is 11.7 Å². The maximum absolute atomic E-state index is 12.2. The predicted molar refractivity (Wildman–Crippen MR) is 88.6 cm³/mol. The van der Waals surface area contributed by atoms with Gasteiger partial charge in [-0.05, 0) is 6.42 Å². The van der Waals surface area contributed by atoms with E-state index in [1.165, 1.54) is 18.6 Å². The minimum Gasteiger partial charge on any atom is -0.481 e. The second-order valence-electron chi connectivity index (χ2n) is 5.34. The van der Waals surface area contributed by atoms with Crippen molar-refractivity contribution >= 4 is 22.1 Å². The van der Waals surface area contributed by atoms with E-state index >= 15 is 0 Å². The highest BCUT2D eigenvalue weighted by atomic mass is 32.2. The summed E-state index contributed by atoms with van der Waals surface area (Å²) < 4.78 is 33.1. The predicted octanol–water partition coefficient (Wildman–Crippen LogP) is -1.70. The first-order valence-electron chi connectivity index (χ1n) is 7.67. The summed E-state index contributed by atoms with van der Waals surface area (Å²) in [5, 5.41) is 30.3. The number of aliphatic hydroxyl groups is 1. The fourth-order valence-corrected chi connectivity index (χ4v) is 3.18. The molecule has 2 rings (SSSR count). The van der Waals surface area contributed by atoms with Crippen LogP contribution in [0.3, 0.4) is 0 Å². The van der Waals surface area contributed by atoms with Crippen molar-refractivity contribution in [2.45, 2.75) is 24.9 Å². The Morgan fingerprint density at radius 2 is 1.96 bits per heavy atom. The number of aliphatic hydroxyl groups excluding tert-OH is 1. The molecule has 0 saturated carbocycles. The van der Waals surface area contributed by atoms with Gasteiger partial charge < -0.3 is 19.8 Å². The van der Waals surface area contributed by atoms with Crippen LogP contribution in [-0.4, -0.2) is 68.4 Å². The van der Waals surface area contributed by atoms with E-state index in [0.717, 1.165) is 0 Å². The van der Waals surface area contributed by atoms with Crippen LogP contribution in [0.5, 0.6) is 0 Å². The Morgan fingerprint density at radius 3 is 2.54 bits per heavy atom. The number of nitrogens with one attached hydrogen (secondary N) is 2. The van der Waals surface area contributed by atoms with Gasteiger partial charge in [-0.2, -0.15) is 22.8 Å². The van der Waals surface area contributed by atoms with Gasteiger partial charge in [-0.1, -0.05) is 5.16 Å². The molecule has 0 aliphatic rings. The zero-order chi connectivity index (χ0) is 20.7. The van der Waals surface area contributed by atoms with Crippen molar-refractivity contribution in [2.24, 2.45) is 0 Å².